The summed E-state index contributed by atoms with van der Waals surface area (Å²) in [5.74, 6) is 0.796. The average molecular weight is 289 g/mol. The van der Waals surface area contributed by atoms with Crippen molar-refractivity contribution in [1.29, 1.82) is 0 Å². The van der Waals surface area contributed by atoms with Gasteiger partial charge in [0.05, 0.1) is 0 Å². The molecule has 2 heteroatoms. The van der Waals surface area contributed by atoms with Gasteiger partial charge in [-0.3, -0.25) is 0 Å². The van der Waals surface area contributed by atoms with Gasteiger partial charge < -0.3 is 5.32 Å². The fraction of sp³-hybridized carbons (Fsp3) is 0.667. The Bertz CT molecular complexity index is 422. The lowest BCUT2D eigenvalue weighted by atomic mass is 9.75. The molecule has 0 aliphatic heterocycles. The lowest BCUT2D eigenvalue weighted by Gasteiger charge is -2.42. The first kappa shape index (κ1) is 14.5. The molecule has 0 heterocycles. The fourth-order valence-corrected chi connectivity index (χ4v) is 4.68. The molecule has 1 nitrogen and oxygen atoms in total. The van der Waals surface area contributed by atoms with E-state index in [-0.39, 0.29) is 0 Å². The van der Waals surface area contributed by atoms with Gasteiger partial charge in [0.15, 0.2) is 0 Å². The second kappa shape index (κ2) is 6.53. The van der Waals surface area contributed by atoms with Crippen LogP contribution in [0, 0.1) is 6.92 Å². The molecule has 2 aliphatic carbocycles. The summed E-state index contributed by atoms with van der Waals surface area (Å²) < 4.78 is 0. The molecule has 0 radical (unpaired) electrons. The molecule has 2 unspecified atom stereocenters. The van der Waals surface area contributed by atoms with Crippen molar-refractivity contribution in [3.63, 3.8) is 0 Å². The zero-order valence-electron chi connectivity index (χ0n) is 12.8. The molecule has 2 aliphatic rings. The molecule has 0 amide bonds. The van der Waals surface area contributed by atoms with E-state index in [1.54, 1.807) is 5.56 Å². The minimum atomic E-state index is 0.763. The molecule has 2 atom stereocenters. The first-order chi connectivity index (χ1) is 9.76. The average Bonchev–Trinajstić information content (AvgIpc) is 2.44. The Morgan fingerprint density at radius 1 is 1.05 bits per heavy atom. The molecule has 1 N–H and O–H groups in total. The second-order valence-electron chi connectivity index (χ2n) is 6.61. The Balaban J connectivity index is 1.49. The third-order valence-electron chi connectivity index (χ3n) is 5.14. The summed E-state index contributed by atoms with van der Waals surface area (Å²) in [5, 5.41) is 4.80. The molecular formula is C18H27NS. The highest BCUT2D eigenvalue weighted by atomic mass is 32.2. The van der Waals surface area contributed by atoms with Crippen molar-refractivity contribution in [3.8, 4) is 0 Å². The van der Waals surface area contributed by atoms with Crippen molar-refractivity contribution in [2.75, 3.05) is 6.26 Å². The summed E-state index contributed by atoms with van der Waals surface area (Å²) in [7, 11) is 0. The van der Waals surface area contributed by atoms with Gasteiger partial charge in [0, 0.05) is 17.3 Å². The SMILES string of the molecule is CSC1CCCCC1NC1CC(c2ccc(C)cc2)C1. The quantitative estimate of drug-likeness (QED) is 0.875. The number of thioether (sulfide) groups is 1. The van der Waals surface area contributed by atoms with E-state index in [2.05, 4.69) is 54.5 Å². The number of hydrogen-bond donors (Lipinski definition) is 1. The molecule has 3 rings (SSSR count). The molecule has 1 aromatic rings. The maximum atomic E-state index is 3.95. The Morgan fingerprint density at radius 2 is 1.75 bits per heavy atom. The van der Waals surface area contributed by atoms with Gasteiger partial charge in [0.2, 0.25) is 0 Å². The minimum Gasteiger partial charge on any atom is -0.310 e. The Morgan fingerprint density at radius 3 is 2.45 bits per heavy atom. The van der Waals surface area contributed by atoms with E-state index in [1.165, 1.54) is 44.1 Å². The molecule has 1 aromatic carbocycles. The number of hydrogen-bond acceptors (Lipinski definition) is 2. The Kier molecular flexibility index (Phi) is 4.72. The molecule has 110 valence electrons. The van der Waals surface area contributed by atoms with E-state index in [0.717, 1.165) is 23.3 Å². The normalized spacial score (nSPS) is 33.7. The van der Waals surface area contributed by atoms with Crippen LogP contribution in [0.1, 0.15) is 55.6 Å². The highest BCUT2D eigenvalue weighted by molar-refractivity contribution is 7.99. The van der Waals surface area contributed by atoms with Gasteiger partial charge in [-0.2, -0.15) is 11.8 Å². The summed E-state index contributed by atoms with van der Waals surface area (Å²) in [4.78, 5) is 0. The lowest BCUT2D eigenvalue weighted by molar-refractivity contribution is 0.242. The van der Waals surface area contributed by atoms with Gasteiger partial charge in [0.25, 0.3) is 0 Å². The van der Waals surface area contributed by atoms with Crippen molar-refractivity contribution in [2.24, 2.45) is 0 Å². The maximum Gasteiger partial charge on any atom is 0.0198 e. The van der Waals surface area contributed by atoms with Crippen molar-refractivity contribution < 1.29 is 0 Å². The van der Waals surface area contributed by atoms with E-state index in [1.807, 2.05) is 0 Å². The zero-order chi connectivity index (χ0) is 13.9. The maximum absolute atomic E-state index is 3.95. The predicted octanol–water partition coefficient (Wildman–Crippen LogP) is 4.50. The zero-order valence-corrected chi connectivity index (χ0v) is 13.6. The smallest absolute Gasteiger partial charge is 0.0198 e. The first-order valence-corrected chi connectivity index (χ1v) is 9.40. The third-order valence-corrected chi connectivity index (χ3v) is 6.31. The Labute approximate surface area is 127 Å². The molecule has 2 saturated carbocycles. The molecule has 20 heavy (non-hydrogen) atoms. The van der Waals surface area contributed by atoms with Gasteiger partial charge in [-0.15, -0.1) is 0 Å². The van der Waals surface area contributed by atoms with E-state index < -0.39 is 0 Å². The fourth-order valence-electron chi connectivity index (χ4n) is 3.74. The number of nitrogens with one attached hydrogen (secondary N) is 1. The van der Waals surface area contributed by atoms with Crippen molar-refractivity contribution in [2.45, 2.75) is 68.7 Å². The van der Waals surface area contributed by atoms with Crippen LogP contribution in [0.2, 0.25) is 0 Å². The summed E-state index contributed by atoms with van der Waals surface area (Å²) in [6.07, 6.45) is 10.6. The molecule has 0 aromatic heterocycles. The van der Waals surface area contributed by atoms with Gasteiger partial charge in [-0.1, -0.05) is 42.7 Å². The van der Waals surface area contributed by atoms with E-state index in [0.29, 0.717) is 0 Å². The number of benzene rings is 1. The van der Waals surface area contributed by atoms with E-state index in [4.69, 9.17) is 0 Å². The largest absolute Gasteiger partial charge is 0.310 e. The standard InChI is InChI=1S/C18H27NS/c1-13-7-9-14(10-8-13)15-11-16(12-15)19-17-5-3-4-6-18(17)20-2/h7-10,15-19H,3-6,11-12H2,1-2H3. The van der Waals surface area contributed by atoms with Crippen LogP contribution < -0.4 is 5.32 Å². The van der Waals surface area contributed by atoms with Crippen LogP contribution in [0.15, 0.2) is 24.3 Å². The predicted molar refractivity (Wildman–Crippen MR) is 89.6 cm³/mol. The summed E-state index contributed by atoms with van der Waals surface area (Å²) in [6, 6.07) is 10.7. The molecular weight excluding hydrogens is 262 g/mol. The second-order valence-corrected chi connectivity index (χ2v) is 7.68. The van der Waals surface area contributed by atoms with Crippen molar-refractivity contribution in [1.82, 2.24) is 5.32 Å². The molecule has 0 bridgehead atoms. The van der Waals surface area contributed by atoms with Crippen LogP contribution in [-0.4, -0.2) is 23.6 Å². The third kappa shape index (κ3) is 3.23. The molecule has 2 fully saturated rings. The lowest BCUT2D eigenvalue weighted by Crippen LogP contribution is -2.50. The van der Waals surface area contributed by atoms with Crippen LogP contribution >= 0.6 is 11.8 Å². The molecule has 0 spiro atoms. The van der Waals surface area contributed by atoms with Gasteiger partial charge in [-0.25, -0.2) is 0 Å². The summed E-state index contributed by atoms with van der Waals surface area (Å²) in [6.45, 7) is 2.17. The first-order valence-electron chi connectivity index (χ1n) is 8.11. The van der Waals surface area contributed by atoms with Crippen LogP contribution in [0.3, 0.4) is 0 Å². The van der Waals surface area contributed by atoms with Crippen molar-refractivity contribution >= 4 is 11.8 Å². The summed E-state index contributed by atoms with van der Waals surface area (Å²) >= 11 is 2.07. The van der Waals surface area contributed by atoms with Gasteiger partial charge in [0.1, 0.15) is 0 Å². The van der Waals surface area contributed by atoms with Crippen LogP contribution in [-0.2, 0) is 0 Å². The van der Waals surface area contributed by atoms with E-state index in [9.17, 15) is 0 Å². The minimum absolute atomic E-state index is 0.763. The highest BCUT2D eigenvalue weighted by Gasteiger charge is 2.34. The monoisotopic (exact) mass is 289 g/mol. The van der Waals surface area contributed by atoms with E-state index >= 15 is 0 Å². The molecule has 0 saturated heterocycles. The van der Waals surface area contributed by atoms with Crippen molar-refractivity contribution in [3.05, 3.63) is 35.4 Å². The van der Waals surface area contributed by atoms with Gasteiger partial charge >= 0.3 is 0 Å². The number of aryl methyl sites for hydroxylation is 1. The topological polar surface area (TPSA) is 12.0 Å². The van der Waals surface area contributed by atoms with Crippen LogP contribution in [0.4, 0.5) is 0 Å². The Hall–Kier alpha value is -0.470. The number of rotatable bonds is 4. The highest BCUT2D eigenvalue weighted by Crippen LogP contribution is 2.38. The van der Waals surface area contributed by atoms with Crippen LogP contribution in [0.25, 0.3) is 0 Å². The van der Waals surface area contributed by atoms with Crippen LogP contribution in [0.5, 0.6) is 0 Å². The van der Waals surface area contributed by atoms with Gasteiger partial charge in [-0.05, 0) is 50.3 Å². The summed E-state index contributed by atoms with van der Waals surface area (Å²) in [5.41, 5.74) is 2.91.